The number of anilines is 1. The average Bonchev–Trinajstić information content (AvgIpc) is 3.21. The lowest BCUT2D eigenvalue weighted by Gasteiger charge is -2.33. The molecular weight excluding hydrogens is 406 g/mol. The molecule has 1 aliphatic rings. The lowest BCUT2D eigenvalue weighted by atomic mass is 9.75. The molecule has 8 nitrogen and oxygen atoms in total. The number of nitrogens with two attached hydrogens (primary N) is 1. The Bertz CT molecular complexity index is 1220. The van der Waals surface area contributed by atoms with Gasteiger partial charge in [0.05, 0.1) is 12.2 Å². The van der Waals surface area contributed by atoms with Crippen LogP contribution in [-0.2, 0) is 11.3 Å². The molecule has 1 saturated carbocycles. The van der Waals surface area contributed by atoms with E-state index in [0.29, 0.717) is 41.7 Å². The number of nitrogen functional groups attached to an aromatic ring is 1. The predicted molar refractivity (Wildman–Crippen MR) is 119 cm³/mol. The second-order valence-electron chi connectivity index (χ2n) is 7.98. The normalized spacial score (nSPS) is 17.6. The van der Waals surface area contributed by atoms with Crippen LogP contribution in [0.3, 0.4) is 0 Å². The fourth-order valence-corrected chi connectivity index (χ4v) is 3.88. The Kier molecular flexibility index (Phi) is 5.41. The monoisotopic (exact) mass is 429 g/mol. The van der Waals surface area contributed by atoms with Crippen molar-refractivity contribution < 1.29 is 14.3 Å². The van der Waals surface area contributed by atoms with E-state index in [1.807, 2.05) is 48.5 Å². The fraction of sp³-hybridized carbons (Fsp3) is 0.250. The molecule has 0 unspecified atom stereocenters. The number of carbonyl (C=O) groups excluding carboxylic acids is 1. The number of ether oxygens (including phenoxy) is 2. The number of nitrogens with one attached hydrogen (secondary N) is 1. The van der Waals surface area contributed by atoms with Crippen molar-refractivity contribution in [3.63, 3.8) is 0 Å². The summed E-state index contributed by atoms with van der Waals surface area (Å²) in [6.07, 6.45) is 1.76. The minimum atomic E-state index is -0.288. The van der Waals surface area contributed by atoms with Crippen molar-refractivity contribution in [2.24, 2.45) is 5.92 Å². The highest BCUT2D eigenvalue weighted by Gasteiger charge is 2.34. The van der Waals surface area contributed by atoms with Crippen molar-refractivity contribution in [1.29, 1.82) is 0 Å². The van der Waals surface area contributed by atoms with Gasteiger partial charge in [0, 0.05) is 5.92 Å². The molecule has 0 saturated heterocycles. The Morgan fingerprint density at radius 1 is 1.00 bits per heavy atom. The van der Waals surface area contributed by atoms with Gasteiger partial charge < -0.3 is 20.2 Å². The topological polar surface area (TPSA) is 116 Å². The second kappa shape index (κ2) is 8.66. The summed E-state index contributed by atoms with van der Waals surface area (Å²) in [5.41, 5.74) is 8.60. The number of hydrogen-bond acceptors (Lipinski definition) is 7. The van der Waals surface area contributed by atoms with Crippen LogP contribution in [0.1, 0.15) is 40.5 Å². The number of H-pyrrole nitrogens is 1. The van der Waals surface area contributed by atoms with E-state index < -0.39 is 0 Å². The van der Waals surface area contributed by atoms with E-state index in [1.54, 1.807) is 12.1 Å². The number of imidazole rings is 1. The minimum Gasteiger partial charge on any atom is -0.471 e. The second-order valence-corrected chi connectivity index (χ2v) is 7.98. The molecule has 0 aliphatic heterocycles. The Hall–Kier alpha value is -3.94. The van der Waals surface area contributed by atoms with Crippen molar-refractivity contribution in [3.8, 4) is 5.88 Å². The average molecular weight is 429 g/mol. The molecule has 3 N–H and O–H groups in total. The van der Waals surface area contributed by atoms with Gasteiger partial charge in [0.1, 0.15) is 17.9 Å². The van der Waals surface area contributed by atoms with Crippen molar-refractivity contribution in [2.45, 2.75) is 25.4 Å². The van der Waals surface area contributed by atoms with E-state index in [0.717, 1.165) is 24.2 Å². The van der Waals surface area contributed by atoms with Crippen molar-refractivity contribution >= 4 is 23.1 Å². The third kappa shape index (κ3) is 4.25. The molecule has 162 valence electrons. The number of aromatic nitrogens is 4. The number of benzene rings is 2. The van der Waals surface area contributed by atoms with Crippen LogP contribution in [0, 0.1) is 5.92 Å². The quantitative estimate of drug-likeness (QED) is 0.428. The predicted octanol–water partition coefficient (Wildman–Crippen LogP) is 3.86. The van der Waals surface area contributed by atoms with Crippen LogP contribution in [0.25, 0.3) is 11.2 Å². The van der Waals surface area contributed by atoms with Crippen LogP contribution in [0.5, 0.6) is 5.88 Å². The van der Waals surface area contributed by atoms with Gasteiger partial charge in [-0.25, -0.2) is 9.78 Å². The van der Waals surface area contributed by atoms with E-state index in [2.05, 4.69) is 19.9 Å². The first-order valence-corrected chi connectivity index (χ1v) is 10.6. The molecule has 1 fully saturated rings. The number of esters is 1. The zero-order chi connectivity index (χ0) is 21.9. The molecule has 32 heavy (non-hydrogen) atoms. The summed E-state index contributed by atoms with van der Waals surface area (Å²) in [7, 11) is 0. The fourth-order valence-electron chi connectivity index (χ4n) is 3.88. The van der Waals surface area contributed by atoms with Crippen LogP contribution in [0.2, 0.25) is 0 Å². The van der Waals surface area contributed by atoms with Crippen molar-refractivity contribution in [3.05, 3.63) is 77.6 Å². The first-order valence-electron chi connectivity index (χ1n) is 10.6. The molecule has 4 aromatic rings. The van der Waals surface area contributed by atoms with Crippen LogP contribution in [0.4, 0.5) is 5.95 Å². The van der Waals surface area contributed by atoms with Gasteiger partial charge in [-0.3, -0.25) is 0 Å². The van der Waals surface area contributed by atoms with Crippen LogP contribution in [-0.4, -0.2) is 32.5 Å². The summed E-state index contributed by atoms with van der Waals surface area (Å²) in [6.45, 7) is 0.779. The molecular formula is C24H23N5O3. The molecule has 0 bridgehead atoms. The summed E-state index contributed by atoms with van der Waals surface area (Å²) >= 11 is 0. The SMILES string of the molecule is Nc1nc(OCc2ccccc2)c2[nH]c(C3CC(COC(=O)c4ccccc4)C3)nc2n1. The highest BCUT2D eigenvalue weighted by molar-refractivity contribution is 5.89. The Labute approximate surface area is 184 Å². The molecule has 0 spiro atoms. The zero-order valence-corrected chi connectivity index (χ0v) is 17.4. The maximum Gasteiger partial charge on any atom is 0.338 e. The van der Waals surface area contributed by atoms with Gasteiger partial charge in [-0.1, -0.05) is 48.5 Å². The van der Waals surface area contributed by atoms with E-state index >= 15 is 0 Å². The molecule has 2 aromatic heterocycles. The third-order valence-corrected chi connectivity index (χ3v) is 5.65. The van der Waals surface area contributed by atoms with Crippen LogP contribution >= 0.6 is 0 Å². The maximum atomic E-state index is 12.1. The smallest absolute Gasteiger partial charge is 0.338 e. The number of rotatable bonds is 7. The Morgan fingerprint density at radius 3 is 2.47 bits per heavy atom. The zero-order valence-electron chi connectivity index (χ0n) is 17.4. The summed E-state index contributed by atoms with van der Waals surface area (Å²) in [5, 5.41) is 0. The van der Waals surface area contributed by atoms with Crippen LogP contribution in [0.15, 0.2) is 60.7 Å². The van der Waals surface area contributed by atoms with E-state index in [1.165, 1.54) is 0 Å². The summed E-state index contributed by atoms with van der Waals surface area (Å²) in [6, 6.07) is 18.9. The lowest BCUT2D eigenvalue weighted by Crippen LogP contribution is -2.27. The molecule has 1 aliphatic carbocycles. The van der Waals surface area contributed by atoms with Crippen molar-refractivity contribution in [1.82, 2.24) is 19.9 Å². The van der Waals surface area contributed by atoms with E-state index in [4.69, 9.17) is 15.2 Å². The van der Waals surface area contributed by atoms with E-state index in [-0.39, 0.29) is 17.8 Å². The van der Waals surface area contributed by atoms with Crippen molar-refractivity contribution in [2.75, 3.05) is 12.3 Å². The third-order valence-electron chi connectivity index (χ3n) is 5.65. The van der Waals surface area contributed by atoms with Gasteiger partial charge in [-0.05, 0) is 36.5 Å². The van der Waals surface area contributed by atoms with Gasteiger partial charge >= 0.3 is 5.97 Å². The first kappa shape index (κ1) is 20.0. The Morgan fingerprint density at radius 2 is 1.72 bits per heavy atom. The molecule has 0 amide bonds. The molecule has 2 aromatic carbocycles. The van der Waals surface area contributed by atoms with Gasteiger partial charge in [-0.15, -0.1) is 0 Å². The number of hydrogen-bond donors (Lipinski definition) is 2. The minimum absolute atomic E-state index is 0.123. The number of aromatic amines is 1. The number of fused-ring (bicyclic) bond motifs is 1. The highest BCUT2D eigenvalue weighted by Crippen LogP contribution is 2.41. The summed E-state index contributed by atoms with van der Waals surface area (Å²) in [4.78, 5) is 28.5. The molecule has 0 radical (unpaired) electrons. The molecule has 2 heterocycles. The summed E-state index contributed by atoms with van der Waals surface area (Å²) < 4.78 is 11.4. The molecule has 8 heteroatoms. The summed E-state index contributed by atoms with van der Waals surface area (Å²) in [5.74, 6) is 1.61. The van der Waals surface area contributed by atoms with Gasteiger partial charge in [0.15, 0.2) is 5.65 Å². The van der Waals surface area contributed by atoms with Crippen LogP contribution < -0.4 is 10.5 Å². The first-order chi connectivity index (χ1) is 15.7. The number of nitrogens with zero attached hydrogens (tertiary/aromatic N) is 3. The van der Waals surface area contributed by atoms with Gasteiger partial charge in [0.2, 0.25) is 11.8 Å². The molecule has 5 rings (SSSR count). The van der Waals surface area contributed by atoms with E-state index in [9.17, 15) is 4.79 Å². The number of carbonyl (C=O) groups is 1. The molecule has 0 atom stereocenters. The largest absolute Gasteiger partial charge is 0.471 e. The standard InChI is InChI=1S/C24H23N5O3/c25-24-28-21-19(22(29-24)31-13-15-7-3-1-4-8-15)26-20(27-21)18-11-16(12-18)14-32-23(30)17-9-5-2-6-10-17/h1-10,16,18H,11-14H2,(H3,25,26,27,28,29). The van der Waals surface area contributed by atoms with Gasteiger partial charge in [-0.2, -0.15) is 9.97 Å². The Balaban J connectivity index is 1.21. The highest BCUT2D eigenvalue weighted by atomic mass is 16.5. The van der Waals surface area contributed by atoms with Gasteiger partial charge in [0.25, 0.3) is 0 Å². The lowest BCUT2D eigenvalue weighted by molar-refractivity contribution is 0.0341. The maximum absolute atomic E-state index is 12.1.